The number of nitro groups is 1. The molecule has 0 radical (unpaired) electrons. The van der Waals surface area contributed by atoms with E-state index in [1.54, 1.807) is 12.1 Å². The van der Waals surface area contributed by atoms with Crippen molar-refractivity contribution in [2.75, 3.05) is 16.8 Å². The molecule has 0 aliphatic carbocycles. The van der Waals surface area contributed by atoms with E-state index in [9.17, 15) is 19.7 Å². The first-order chi connectivity index (χ1) is 15.4. The van der Waals surface area contributed by atoms with Crippen molar-refractivity contribution in [3.8, 4) is 17.0 Å². The van der Waals surface area contributed by atoms with Crippen LogP contribution in [0.5, 0.6) is 5.75 Å². The number of carbonyl (C=O) groups excluding carboxylic acids is 2. The van der Waals surface area contributed by atoms with E-state index in [0.29, 0.717) is 23.5 Å². The van der Waals surface area contributed by atoms with Crippen LogP contribution in [0.2, 0.25) is 0 Å². The molecule has 1 aliphatic heterocycles. The molecule has 0 fully saturated rings. The number of nitrogens with one attached hydrogen (secondary N) is 1. The molecule has 0 saturated heterocycles. The molecule has 4 rings (SSSR count). The number of aromatic nitrogens is 1. The Morgan fingerprint density at radius 3 is 2.66 bits per heavy atom. The number of hydrogen-bond donors (Lipinski definition) is 1. The third-order valence-electron chi connectivity index (χ3n) is 5.01. The molecule has 2 heterocycles. The van der Waals surface area contributed by atoms with Gasteiger partial charge in [0.2, 0.25) is 5.91 Å². The summed E-state index contributed by atoms with van der Waals surface area (Å²) >= 11 is 1.53. The highest BCUT2D eigenvalue weighted by atomic mass is 32.1. The molecule has 1 aliphatic rings. The van der Waals surface area contributed by atoms with E-state index in [2.05, 4.69) is 10.3 Å². The molecule has 1 unspecified atom stereocenters. The zero-order valence-corrected chi connectivity index (χ0v) is 18.2. The highest BCUT2D eigenvalue weighted by molar-refractivity contribution is 7.09. The summed E-state index contributed by atoms with van der Waals surface area (Å²) in [5.74, 6) is -0.203. The minimum absolute atomic E-state index is 0.0733. The molecule has 1 N–H and O–H groups in total. The van der Waals surface area contributed by atoms with Gasteiger partial charge in [-0.2, -0.15) is 0 Å². The summed E-state index contributed by atoms with van der Waals surface area (Å²) in [7, 11) is 0. The van der Waals surface area contributed by atoms with E-state index in [1.165, 1.54) is 40.5 Å². The topological polar surface area (TPSA) is 115 Å². The number of amides is 2. The number of carbonyl (C=O) groups is 2. The molecule has 0 bridgehead atoms. The quantitative estimate of drug-likeness (QED) is 0.443. The first kappa shape index (κ1) is 21.4. The number of benzene rings is 2. The first-order valence-corrected chi connectivity index (χ1v) is 10.8. The molecular weight excluding hydrogens is 432 g/mol. The lowest BCUT2D eigenvalue weighted by Crippen LogP contribution is -2.48. The van der Waals surface area contributed by atoms with Gasteiger partial charge in [0.1, 0.15) is 12.3 Å². The van der Waals surface area contributed by atoms with Crippen LogP contribution in [0.1, 0.15) is 18.4 Å². The Labute approximate surface area is 187 Å². The summed E-state index contributed by atoms with van der Waals surface area (Å²) in [4.78, 5) is 41.9. The van der Waals surface area contributed by atoms with Crippen molar-refractivity contribution in [3.05, 3.63) is 63.0 Å². The van der Waals surface area contributed by atoms with Crippen LogP contribution in [-0.2, 0) is 9.59 Å². The lowest BCUT2D eigenvalue weighted by atomic mass is 10.1. The van der Waals surface area contributed by atoms with E-state index in [-0.39, 0.29) is 18.1 Å². The largest absolute Gasteiger partial charge is 0.478 e. The molecule has 10 heteroatoms. The standard InChI is InChI=1S/C22H20N4O5S/c1-3-19-22(28)25(11-21(27)24-15-5-7-16(8-6-15)26(29)30)18-10-14(4-9-20(18)31-19)17-12-32-13(2)23-17/h4-10,12,19H,3,11H2,1-2H3,(H,24,27). The summed E-state index contributed by atoms with van der Waals surface area (Å²) in [6, 6.07) is 11.0. The number of anilines is 2. The molecule has 3 aromatic rings. The average molecular weight is 452 g/mol. The van der Waals surface area contributed by atoms with Crippen molar-refractivity contribution in [1.82, 2.24) is 4.98 Å². The fourth-order valence-electron chi connectivity index (χ4n) is 3.41. The summed E-state index contributed by atoms with van der Waals surface area (Å²) in [5.41, 5.74) is 2.44. The number of fused-ring (bicyclic) bond motifs is 1. The molecule has 2 aromatic carbocycles. The van der Waals surface area contributed by atoms with E-state index < -0.39 is 16.9 Å². The second-order valence-corrected chi connectivity index (χ2v) is 8.29. The number of thiazole rings is 1. The summed E-state index contributed by atoms with van der Waals surface area (Å²) in [5, 5.41) is 16.3. The maximum absolute atomic E-state index is 13.0. The van der Waals surface area contributed by atoms with Crippen LogP contribution in [0.25, 0.3) is 11.3 Å². The Balaban J connectivity index is 1.59. The smallest absolute Gasteiger partial charge is 0.269 e. The second kappa shape index (κ2) is 8.75. The Hall–Kier alpha value is -3.79. The van der Waals surface area contributed by atoms with Gasteiger partial charge in [-0.05, 0) is 43.7 Å². The van der Waals surface area contributed by atoms with Gasteiger partial charge in [-0.15, -0.1) is 11.3 Å². The van der Waals surface area contributed by atoms with Gasteiger partial charge in [0, 0.05) is 28.8 Å². The van der Waals surface area contributed by atoms with Gasteiger partial charge in [-0.25, -0.2) is 4.98 Å². The number of nitrogens with zero attached hydrogens (tertiary/aromatic N) is 3. The molecule has 9 nitrogen and oxygen atoms in total. The van der Waals surface area contributed by atoms with Crippen LogP contribution in [0.3, 0.4) is 0 Å². The fourth-order valence-corrected chi connectivity index (χ4v) is 4.03. The molecule has 0 spiro atoms. The molecular formula is C22H20N4O5S. The average Bonchev–Trinajstić information content (AvgIpc) is 3.22. The maximum Gasteiger partial charge on any atom is 0.269 e. The summed E-state index contributed by atoms with van der Waals surface area (Å²) in [6.07, 6.45) is -0.215. The second-order valence-electron chi connectivity index (χ2n) is 7.23. The van der Waals surface area contributed by atoms with E-state index in [4.69, 9.17) is 4.74 Å². The fraction of sp³-hybridized carbons (Fsp3) is 0.227. The number of non-ortho nitro benzene ring substituents is 1. The SMILES string of the molecule is CCC1Oc2ccc(-c3csc(C)n3)cc2N(CC(=O)Nc2ccc([N+](=O)[O-])cc2)C1=O. The van der Waals surface area contributed by atoms with E-state index >= 15 is 0 Å². The van der Waals surface area contributed by atoms with Crippen molar-refractivity contribution in [2.24, 2.45) is 0 Å². The summed E-state index contributed by atoms with van der Waals surface area (Å²) < 4.78 is 5.85. The van der Waals surface area contributed by atoms with Crippen molar-refractivity contribution in [1.29, 1.82) is 0 Å². The van der Waals surface area contributed by atoms with Gasteiger partial charge in [0.05, 0.1) is 21.3 Å². The third kappa shape index (κ3) is 4.30. The van der Waals surface area contributed by atoms with E-state index in [1.807, 2.05) is 25.3 Å². The van der Waals surface area contributed by atoms with E-state index in [0.717, 1.165) is 16.3 Å². The number of hydrogen-bond acceptors (Lipinski definition) is 7. The van der Waals surface area contributed by atoms with Gasteiger partial charge in [0.15, 0.2) is 6.10 Å². The number of aryl methyl sites for hydroxylation is 1. The highest BCUT2D eigenvalue weighted by Gasteiger charge is 2.34. The molecule has 1 atom stereocenters. The maximum atomic E-state index is 13.0. The van der Waals surface area contributed by atoms with Gasteiger partial charge in [-0.1, -0.05) is 6.92 Å². The predicted octanol–water partition coefficient (Wildman–Crippen LogP) is 4.17. The van der Waals surface area contributed by atoms with Crippen LogP contribution >= 0.6 is 11.3 Å². The Kier molecular flexibility index (Phi) is 5.87. The van der Waals surface area contributed by atoms with Crippen molar-refractivity contribution in [2.45, 2.75) is 26.4 Å². The van der Waals surface area contributed by atoms with Gasteiger partial charge in [-0.3, -0.25) is 24.6 Å². The number of ether oxygens (including phenoxy) is 1. The highest BCUT2D eigenvalue weighted by Crippen LogP contribution is 2.38. The summed E-state index contributed by atoms with van der Waals surface area (Å²) in [6.45, 7) is 3.54. The van der Waals surface area contributed by atoms with Gasteiger partial charge < -0.3 is 10.1 Å². The normalized spacial score (nSPS) is 15.1. The molecule has 1 aromatic heterocycles. The van der Waals surface area contributed by atoms with Crippen LogP contribution < -0.4 is 15.0 Å². The van der Waals surface area contributed by atoms with Crippen molar-refractivity contribution >= 4 is 40.2 Å². The Morgan fingerprint density at radius 1 is 1.28 bits per heavy atom. The number of nitro benzene ring substituents is 1. The van der Waals surface area contributed by atoms with Crippen molar-refractivity contribution < 1.29 is 19.2 Å². The van der Waals surface area contributed by atoms with Crippen LogP contribution in [-0.4, -0.2) is 34.4 Å². The third-order valence-corrected chi connectivity index (χ3v) is 5.78. The van der Waals surface area contributed by atoms with Crippen LogP contribution in [0, 0.1) is 17.0 Å². The van der Waals surface area contributed by atoms with Crippen LogP contribution in [0.4, 0.5) is 17.1 Å². The lowest BCUT2D eigenvalue weighted by molar-refractivity contribution is -0.384. The van der Waals surface area contributed by atoms with Gasteiger partial charge in [0.25, 0.3) is 11.6 Å². The minimum Gasteiger partial charge on any atom is -0.478 e. The number of rotatable bonds is 6. The van der Waals surface area contributed by atoms with Gasteiger partial charge >= 0.3 is 0 Å². The Morgan fingerprint density at radius 2 is 2.03 bits per heavy atom. The zero-order chi connectivity index (χ0) is 22.8. The molecule has 32 heavy (non-hydrogen) atoms. The monoisotopic (exact) mass is 452 g/mol. The zero-order valence-electron chi connectivity index (χ0n) is 17.4. The minimum atomic E-state index is -0.679. The molecule has 164 valence electrons. The Bertz CT molecular complexity index is 1190. The van der Waals surface area contributed by atoms with Crippen LogP contribution in [0.15, 0.2) is 47.8 Å². The predicted molar refractivity (Wildman–Crippen MR) is 121 cm³/mol. The lowest BCUT2D eigenvalue weighted by Gasteiger charge is -2.34. The van der Waals surface area contributed by atoms with Crippen molar-refractivity contribution in [3.63, 3.8) is 0 Å². The first-order valence-electron chi connectivity index (χ1n) is 9.94. The molecule has 0 saturated carbocycles. The molecule has 2 amide bonds.